The highest BCUT2D eigenvalue weighted by atomic mass is 16.6. The first-order chi connectivity index (χ1) is 11.0. The summed E-state index contributed by atoms with van der Waals surface area (Å²) in [4.78, 5) is 22.9. The Hall–Kier alpha value is -3.09. The fourth-order valence-electron chi connectivity index (χ4n) is 2.11. The largest absolute Gasteiger partial charge is 0.493 e. The van der Waals surface area contributed by atoms with Crippen molar-refractivity contribution >= 4 is 11.5 Å². The maximum Gasteiger partial charge on any atom is 0.310 e. The number of rotatable bonds is 6. The molecular formula is C16H15NO6. The molecule has 0 unspecified atom stereocenters. The van der Waals surface area contributed by atoms with Gasteiger partial charge in [0, 0.05) is 17.2 Å². The minimum atomic E-state index is -0.566. The summed E-state index contributed by atoms with van der Waals surface area (Å²) < 4.78 is 15.3. The van der Waals surface area contributed by atoms with Crippen LogP contribution in [-0.4, -0.2) is 32.0 Å². The molecule has 0 heterocycles. The first kappa shape index (κ1) is 16.3. The van der Waals surface area contributed by atoms with Crippen LogP contribution < -0.4 is 14.2 Å². The predicted molar refractivity (Wildman–Crippen MR) is 82.6 cm³/mol. The third kappa shape index (κ3) is 3.23. The summed E-state index contributed by atoms with van der Waals surface area (Å²) in [5.74, 6) is 0.651. The van der Waals surface area contributed by atoms with Gasteiger partial charge >= 0.3 is 5.69 Å². The monoisotopic (exact) mass is 317 g/mol. The van der Waals surface area contributed by atoms with Crippen molar-refractivity contribution in [3.8, 4) is 17.2 Å². The average molecular weight is 317 g/mol. The van der Waals surface area contributed by atoms with E-state index < -0.39 is 4.92 Å². The molecule has 120 valence electrons. The second-order valence-electron chi connectivity index (χ2n) is 4.54. The molecule has 0 aliphatic rings. The average Bonchev–Trinajstić information content (AvgIpc) is 2.59. The highest BCUT2D eigenvalue weighted by Crippen LogP contribution is 2.31. The summed E-state index contributed by atoms with van der Waals surface area (Å²) in [6, 6.07) is 8.74. The van der Waals surface area contributed by atoms with Crippen LogP contribution in [0.1, 0.15) is 15.9 Å². The quantitative estimate of drug-likeness (QED) is 0.462. The van der Waals surface area contributed by atoms with Crippen LogP contribution in [0.3, 0.4) is 0 Å². The van der Waals surface area contributed by atoms with Gasteiger partial charge in [-0.3, -0.25) is 14.9 Å². The molecule has 0 aliphatic carbocycles. The van der Waals surface area contributed by atoms with Gasteiger partial charge in [-0.1, -0.05) is 0 Å². The van der Waals surface area contributed by atoms with Gasteiger partial charge < -0.3 is 14.2 Å². The van der Waals surface area contributed by atoms with Gasteiger partial charge in [0.25, 0.3) is 0 Å². The van der Waals surface area contributed by atoms with E-state index in [1.54, 1.807) is 18.2 Å². The molecule has 0 aromatic heterocycles. The molecule has 0 amide bonds. The van der Waals surface area contributed by atoms with Crippen LogP contribution in [0, 0.1) is 10.1 Å². The van der Waals surface area contributed by atoms with Crippen molar-refractivity contribution in [3.05, 3.63) is 57.6 Å². The zero-order valence-corrected chi connectivity index (χ0v) is 12.9. The lowest BCUT2D eigenvalue weighted by atomic mass is 10.0. The number of methoxy groups -OCH3 is 3. The van der Waals surface area contributed by atoms with E-state index in [2.05, 4.69) is 0 Å². The minimum absolute atomic E-state index is 0.0290. The van der Waals surface area contributed by atoms with Crippen LogP contribution in [0.15, 0.2) is 36.4 Å². The van der Waals surface area contributed by atoms with E-state index in [0.29, 0.717) is 17.1 Å². The van der Waals surface area contributed by atoms with E-state index in [1.807, 2.05) is 0 Å². The van der Waals surface area contributed by atoms with Crippen LogP contribution in [0.2, 0.25) is 0 Å². The molecule has 0 spiro atoms. The molecule has 0 bridgehead atoms. The zero-order chi connectivity index (χ0) is 17.0. The number of carbonyl (C=O) groups excluding carboxylic acids is 1. The van der Waals surface area contributed by atoms with Gasteiger partial charge in [0.05, 0.1) is 26.3 Å². The first-order valence-electron chi connectivity index (χ1n) is 6.61. The molecule has 0 saturated heterocycles. The molecule has 0 fully saturated rings. The highest BCUT2D eigenvalue weighted by Gasteiger charge is 2.19. The summed E-state index contributed by atoms with van der Waals surface area (Å²) in [6.45, 7) is 0. The van der Waals surface area contributed by atoms with Gasteiger partial charge in [0.2, 0.25) is 0 Å². The van der Waals surface area contributed by atoms with Gasteiger partial charge in [-0.15, -0.1) is 0 Å². The third-order valence-electron chi connectivity index (χ3n) is 3.28. The first-order valence-corrected chi connectivity index (χ1v) is 6.61. The Balaban J connectivity index is 2.43. The zero-order valence-electron chi connectivity index (χ0n) is 12.9. The fraction of sp³-hybridized carbons (Fsp3) is 0.188. The number of nitrogens with zero attached hydrogens (tertiary/aromatic N) is 1. The van der Waals surface area contributed by atoms with E-state index in [0.717, 1.165) is 0 Å². The Morgan fingerprint density at radius 1 is 0.870 bits per heavy atom. The topological polar surface area (TPSA) is 87.9 Å². The van der Waals surface area contributed by atoms with Crippen molar-refractivity contribution in [2.75, 3.05) is 21.3 Å². The number of carbonyl (C=O) groups is 1. The van der Waals surface area contributed by atoms with E-state index in [1.165, 1.54) is 39.5 Å². The van der Waals surface area contributed by atoms with Crippen molar-refractivity contribution in [1.82, 2.24) is 0 Å². The summed E-state index contributed by atoms with van der Waals surface area (Å²) in [5.41, 5.74) is 0.453. The minimum Gasteiger partial charge on any atom is -0.493 e. The molecule has 2 rings (SSSR count). The number of hydrogen-bond acceptors (Lipinski definition) is 6. The lowest BCUT2D eigenvalue weighted by molar-refractivity contribution is -0.385. The smallest absolute Gasteiger partial charge is 0.310 e. The number of ketones is 1. The second-order valence-corrected chi connectivity index (χ2v) is 4.54. The van der Waals surface area contributed by atoms with E-state index in [-0.39, 0.29) is 22.8 Å². The SMILES string of the molecule is COc1ccc(C(=O)c2ccc([N+](=O)[O-])c(OC)c2)cc1OC. The molecule has 23 heavy (non-hydrogen) atoms. The Morgan fingerprint density at radius 3 is 1.91 bits per heavy atom. The lowest BCUT2D eigenvalue weighted by Crippen LogP contribution is -2.04. The molecule has 0 aliphatic heterocycles. The maximum absolute atomic E-state index is 12.5. The van der Waals surface area contributed by atoms with Crippen molar-refractivity contribution in [2.24, 2.45) is 0 Å². The van der Waals surface area contributed by atoms with E-state index >= 15 is 0 Å². The Kier molecular flexibility index (Phi) is 4.80. The van der Waals surface area contributed by atoms with Crippen LogP contribution in [-0.2, 0) is 0 Å². The molecule has 2 aromatic carbocycles. The van der Waals surface area contributed by atoms with Gasteiger partial charge in [-0.25, -0.2) is 0 Å². The van der Waals surface area contributed by atoms with Crippen molar-refractivity contribution in [1.29, 1.82) is 0 Å². The van der Waals surface area contributed by atoms with Crippen LogP contribution in [0.5, 0.6) is 17.2 Å². The number of benzene rings is 2. The molecule has 7 heteroatoms. The summed E-state index contributed by atoms with van der Waals surface area (Å²) in [7, 11) is 4.29. The Morgan fingerprint density at radius 2 is 1.39 bits per heavy atom. The van der Waals surface area contributed by atoms with Gasteiger partial charge in [-0.2, -0.15) is 0 Å². The normalized spacial score (nSPS) is 10.0. The predicted octanol–water partition coefficient (Wildman–Crippen LogP) is 2.85. The van der Waals surface area contributed by atoms with E-state index in [9.17, 15) is 14.9 Å². The van der Waals surface area contributed by atoms with Crippen LogP contribution in [0.4, 0.5) is 5.69 Å². The fourth-order valence-corrected chi connectivity index (χ4v) is 2.11. The van der Waals surface area contributed by atoms with Crippen LogP contribution >= 0.6 is 0 Å². The van der Waals surface area contributed by atoms with E-state index in [4.69, 9.17) is 14.2 Å². The number of nitro benzene ring substituents is 1. The lowest BCUT2D eigenvalue weighted by Gasteiger charge is -2.09. The molecule has 0 N–H and O–H groups in total. The number of ether oxygens (including phenoxy) is 3. The molecule has 0 saturated carbocycles. The van der Waals surface area contributed by atoms with Gasteiger partial charge in [0.15, 0.2) is 23.0 Å². The Bertz CT molecular complexity index is 756. The standard InChI is InChI=1S/C16H15NO6/c1-21-13-7-5-11(9-15(13)23-3)16(18)10-4-6-12(17(19)20)14(8-10)22-2/h4-9H,1-3H3. The summed E-state index contributed by atoms with van der Waals surface area (Å²) in [6.07, 6.45) is 0. The van der Waals surface area contributed by atoms with Gasteiger partial charge in [0.1, 0.15) is 0 Å². The maximum atomic E-state index is 12.5. The van der Waals surface area contributed by atoms with Crippen molar-refractivity contribution in [2.45, 2.75) is 0 Å². The second kappa shape index (κ2) is 6.78. The molecule has 0 radical (unpaired) electrons. The van der Waals surface area contributed by atoms with Crippen molar-refractivity contribution in [3.63, 3.8) is 0 Å². The third-order valence-corrected chi connectivity index (χ3v) is 3.28. The van der Waals surface area contributed by atoms with Crippen molar-refractivity contribution < 1.29 is 23.9 Å². The number of nitro groups is 1. The van der Waals surface area contributed by atoms with Gasteiger partial charge in [-0.05, 0) is 30.3 Å². The van der Waals surface area contributed by atoms with Crippen LogP contribution in [0.25, 0.3) is 0 Å². The number of hydrogen-bond donors (Lipinski definition) is 0. The molecule has 0 atom stereocenters. The summed E-state index contributed by atoms with van der Waals surface area (Å²) in [5, 5.41) is 10.9. The highest BCUT2D eigenvalue weighted by molar-refractivity contribution is 6.09. The Labute approximate surface area is 132 Å². The molecule has 7 nitrogen and oxygen atoms in total. The molecule has 2 aromatic rings. The molecular weight excluding hydrogens is 302 g/mol. The summed E-state index contributed by atoms with van der Waals surface area (Å²) >= 11 is 0.